The number of aromatic amines is 1. The van der Waals surface area contributed by atoms with Gasteiger partial charge in [0.25, 0.3) is 0 Å². The lowest BCUT2D eigenvalue weighted by atomic mass is 9.92. The van der Waals surface area contributed by atoms with Gasteiger partial charge in [0.2, 0.25) is 0 Å². The molecule has 3 heterocycles. The third-order valence-corrected chi connectivity index (χ3v) is 4.09. The molecule has 3 rings (SSSR count). The van der Waals surface area contributed by atoms with Crippen molar-refractivity contribution >= 4 is 40.9 Å². The second kappa shape index (κ2) is 5.72. The van der Waals surface area contributed by atoms with Crippen molar-refractivity contribution in [2.75, 3.05) is 12.3 Å². The van der Waals surface area contributed by atoms with Gasteiger partial charge < -0.3 is 31.4 Å². The van der Waals surface area contributed by atoms with Crippen molar-refractivity contribution in [3.63, 3.8) is 0 Å². The fourth-order valence-corrected chi connectivity index (χ4v) is 3.00. The Labute approximate surface area is 140 Å². The topological polar surface area (TPSA) is 148 Å². The molecule has 0 radical (unpaired) electrons. The summed E-state index contributed by atoms with van der Waals surface area (Å²) in [6.45, 7) is -0.438. The molecule has 2 aromatic heterocycles. The maximum atomic E-state index is 10.3. The zero-order chi connectivity index (χ0) is 16.8. The summed E-state index contributed by atoms with van der Waals surface area (Å²) in [5, 5.41) is 21.8. The number of aliphatic hydroxyl groups excluding tert-OH is 2. The minimum Gasteiger partial charge on any atom is -0.394 e. The van der Waals surface area contributed by atoms with Crippen molar-refractivity contribution < 1.29 is 14.9 Å². The molecule has 1 saturated heterocycles. The molecule has 0 aliphatic carbocycles. The van der Waals surface area contributed by atoms with Crippen LogP contribution in [0, 0.1) is 15.9 Å². The highest BCUT2D eigenvalue weighted by atomic mass is 35.5. The third-order valence-electron chi connectivity index (χ3n) is 3.72. The zero-order valence-corrected chi connectivity index (χ0v) is 13.2. The summed E-state index contributed by atoms with van der Waals surface area (Å²) in [6, 6.07) is 0. The highest BCUT2D eigenvalue weighted by molar-refractivity contribution is 7.71. The van der Waals surface area contributed by atoms with E-state index in [4.69, 9.17) is 40.0 Å². The van der Waals surface area contributed by atoms with Crippen molar-refractivity contribution in [1.29, 1.82) is 0 Å². The highest BCUT2D eigenvalue weighted by Gasteiger charge is 2.54. The molecule has 9 nitrogen and oxygen atoms in total. The van der Waals surface area contributed by atoms with Crippen LogP contribution in [0.5, 0.6) is 0 Å². The van der Waals surface area contributed by atoms with E-state index in [1.165, 1.54) is 10.9 Å². The van der Waals surface area contributed by atoms with Gasteiger partial charge in [-0.25, -0.2) is 9.97 Å². The van der Waals surface area contributed by atoms with Gasteiger partial charge in [0, 0.05) is 5.38 Å². The molecule has 122 valence electrons. The molecule has 23 heavy (non-hydrogen) atoms. The Morgan fingerprint density at radius 2 is 2.35 bits per heavy atom. The lowest BCUT2D eigenvalue weighted by molar-refractivity contribution is -0.0447. The van der Waals surface area contributed by atoms with Crippen LogP contribution in [-0.2, 0) is 4.74 Å². The number of fused-ring (bicyclic) bond motifs is 1. The summed E-state index contributed by atoms with van der Waals surface area (Å²) in [6.07, 6.45) is -1.75. The van der Waals surface area contributed by atoms with Crippen molar-refractivity contribution in [3.05, 3.63) is 11.0 Å². The lowest BCUT2D eigenvalue weighted by Gasteiger charge is -2.27. The average molecular weight is 357 g/mol. The summed E-state index contributed by atoms with van der Waals surface area (Å²) in [5.74, 6) is 2.63. The van der Waals surface area contributed by atoms with E-state index < -0.39 is 30.6 Å². The zero-order valence-electron chi connectivity index (χ0n) is 11.6. The van der Waals surface area contributed by atoms with Gasteiger partial charge in [-0.3, -0.25) is 4.57 Å². The molecule has 1 aliphatic rings. The number of hydrogen-bond acceptors (Lipinski definition) is 8. The van der Waals surface area contributed by atoms with Crippen LogP contribution in [0.4, 0.5) is 5.95 Å². The molecule has 2 aromatic rings. The summed E-state index contributed by atoms with van der Waals surface area (Å²) in [4.78, 5) is 10.9. The van der Waals surface area contributed by atoms with Gasteiger partial charge >= 0.3 is 0 Å². The summed E-state index contributed by atoms with van der Waals surface area (Å²) < 4.78 is 7.34. The number of nitrogens with zero attached hydrogens (tertiary/aromatic N) is 3. The van der Waals surface area contributed by atoms with Crippen LogP contribution < -0.4 is 11.5 Å². The van der Waals surface area contributed by atoms with E-state index in [0.29, 0.717) is 11.2 Å². The molecule has 0 amide bonds. The maximum absolute atomic E-state index is 10.3. The molecule has 0 bridgehead atoms. The molecular formula is C12H13ClN6O3S. The Kier molecular flexibility index (Phi) is 4.01. The molecule has 4 atom stereocenters. The molecule has 0 aromatic carbocycles. The van der Waals surface area contributed by atoms with Crippen LogP contribution in [0.25, 0.3) is 11.2 Å². The molecule has 1 aliphatic heterocycles. The Hall–Kier alpha value is -1.74. The van der Waals surface area contributed by atoms with E-state index in [1.807, 2.05) is 0 Å². The quantitative estimate of drug-likeness (QED) is 0.347. The van der Waals surface area contributed by atoms with Crippen LogP contribution in [-0.4, -0.2) is 54.1 Å². The number of nitrogens with two attached hydrogens (primary N) is 2. The Bertz CT molecular complexity index is 873. The van der Waals surface area contributed by atoms with E-state index in [0.717, 1.165) is 0 Å². The highest BCUT2D eigenvalue weighted by Crippen LogP contribution is 2.37. The Morgan fingerprint density at radius 1 is 1.61 bits per heavy atom. The number of anilines is 1. The standard InChI is InChI=1S/C12H13ClN6O3S/c13-2-1-12(15)7(21)5(3-20)22-10(12)19-4-16-6-8(19)17-11(14)18-9(6)23/h4-5,7,10,20-21H,3,15H2,(H3,14,17,18,23)/t5-,7+,10-,12?/m1/s1. The first-order chi connectivity index (χ1) is 10.9. The van der Waals surface area contributed by atoms with E-state index in [9.17, 15) is 10.2 Å². The minimum absolute atomic E-state index is 0.0903. The first kappa shape index (κ1) is 16.1. The smallest absolute Gasteiger partial charge is 0.200 e. The predicted molar refractivity (Wildman–Crippen MR) is 84.7 cm³/mol. The van der Waals surface area contributed by atoms with Gasteiger partial charge in [-0.1, -0.05) is 18.1 Å². The fraction of sp³-hybridized carbons (Fsp3) is 0.417. The van der Waals surface area contributed by atoms with Gasteiger partial charge in [0.05, 0.1) is 12.9 Å². The number of hydrogen-bond donors (Lipinski definition) is 5. The number of rotatable bonds is 2. The third kappa shape index (κ3) is 2.38. The van der Waals surface area contributed by atoms with Crippen LogP contribution >= 0.6 is 23.8 Å². The van der Waals surface area contributed by atoms with Gasteiger partial charge in [0.1, 0.15) is 23.4 Å². The first-order valence-corrected chi connectivity index (χ1v) is 7.29. The van der Waals surface area contributed by atoms with Gasteiger partial charge in [-0.05, 0) is 11.6 Å². The second-order valence-electron chi connectivity index (χ2n) is 5.08. The van der Waals surface area contributed by atoms with Gasteiger partial charge in [-0.15, -0.1) is 0 Å². The predicted octanol–water partition coefficient (Wildman–Crippen LogP) is -0.781. The first-order valence-electron chi connectivity index (χ1n) is 6.50. The van der Waals surface area contributed by atoms with Crippen LogP contribution in [0.2, 0.25) is 0 Å². The largest absolute Gasteiger partial charge is 0.394 e. The van der Waals surface area contributed by atoms with Crippen molar-refractivity contribution in [1.82, 2.24) is 19.5 Å². The molecule has 1 fully saturated rings. The Balaban J connectivity index is 2.20. The number of nitrogens with one attached hydrogen (secondary N) is 1. The van der Waals surface area contributed by atoms with Crippen LogP contribution in [0.1, 0.15) is 6.23 Å². The number of ether oxygens (including phenoxy) is 1. The van der Waals surface area contributed by atoms with Crippen molar-refractivity contribution in [3.8, 4) is 11.3 Å². The summed E-state index contributed by atoms with van der Waals surface area (Å²) >= 11 is 10.6. The molecule has 0 saturated carbocycles. The maximum Gasteiger partial charge on any atom is 0.200 e. The Morgan fingerprint density at radius 3 is 3.00 bits per heavy atom. The van der Waals surface area contributed by atoms with Crippen molar-refractivity contribution in [2.45, 2.75) is 24.0 Å². The van der Waals surface area contributed by atoms with Crippen LogP contribution in [0.15, 0.2) is 6.33 Å². The van der Waals surface area contributed by atoms with Gasteiger partial charge in [-0.2, -0.15) is 0 Å². The number of H-pyrrole nitrogens is 1. The van der Waals surface area contributed by atoms with E-state index in [1.54, 1.807) is 0 Å². The van der Waals surface area contributed by atoms with Crippen LogP contribution in [0.3, 0.4) is 0 Å². The molecule has 7 N–H and O–H groups in total. The second-order valence-corrected chi connectivity index (χ2v) is 5.66. The van der Waals surface area contributed by atoms with E-state index in [-0.39, 0.29) is 10.6 Å². The monoisotopic (exact) mass is 356 g/mol. The molecule has 0 spiro atoms. The molecular weight excluding hydrogens is 344 g/mol. The number of halogens is 1. The summed E-state index contributed by atoms with van der Waals surface area (Å²) in [5.41, 5.74) is 11.1. The summed E-state index contributed by atoms with van der Waals surface area (Å²) in [7, 11) is 0. The minimum atomic E-state index is -1.56. The van der Waals surface area contributed by atoms with Crippen molar-refractivity contribution in [2.24, 2.45) is 5.73 Å². The lowest BCUT2D eigenvalue weighted by Crippen LogP contribution is -2.53. The number of aromatic nitrogens is 4. The molecule has 11 heteroatoms. The SMILES string of the molecule is Nc1nc(=S)c2ncn([C@@H]3O[C@H](CO)[C@H](O)C3(N)C#CCl)c2[nH]1. The fourth-order valence-electron chi connectivity index (χ4n) is 2.59. The number of imidazole rings is 1. The average Bonchev–Trinajstić information content (AvgIpc) is 3.01. The van der Waals surface area contributed by atoms with E-state index in [2.05, 4.69) is 26.3 Å². The number of nitrogen functional groups attached to an aromatic ring is 1. The number of aliphatic hydroxyl groups is 2. The normalized spacial score (nSPS) is 30.3. The molecule has 1 unspecified atom stereocenters. The van der Waals surface area contributed by atoms with Gasteiger partial charge in [0.15, 0.2) is 22.4 Å². The van der Waals surface area contributed by atoms with E-state index >= 15 is 0 Å².